The molecule has 1 unspecified atom stereocenters. The van der Waals surface area contributed by atoms with E-state index in [-0.39, 0.29) is 25.2 Å². The van der Waals surface area contributed by atoms with Crippen molar-refractivity contribution in [2.45, 2.75) is 207 Å². The second-order valence-corrected chi connectivity index (χ2v) is 15.6. The van der Waals surface area contributed by atoms with Crippen molar-refractivity contribution in [3.63, 3.8) is 0 Å². The minimum absolute atomic E-state index is 0.0497. The van der Waals surface area contributed by atoms with Crippen molar-refractivity contribution in [3.05, 3.63) is 109 Å². The lowest BCUT2D eigenvalue weighted by molar-refractivity contribution is -0.163. The summed E-state index contributed by atoms with van der Waals surface area (Å²) in [7, 11) is 0. The van der Waals surface area contributed by atoms with Crippen molar-refractivity contribution in [2.24, 2.45) is 0 Å². The molecule has 0 heterocycles. The zero-order chi connectivity index (χ0) is 43.5. The van der Waals surface area contributed by atoms with Crippen molar-refractivity contribution >= 4 is 11.9 Å². The number of unbranched alkanes of at least 4 members (excludes halogenated alkanes) is 14. The van der Waals surface area contributed by atoms with Crippen molar-refractivity contribution in [3.8, 4) is 0 Å². The summed E-state index contributed by atoms with van der Waals surface area (Å²) in [5.41, 5.74) is 0. The first-order chi connectivity index (χ1) is 29.6. The Kier molecular flexibility index (Phi) is 47.1. The Morgan fingerprint density at radius 2 is 0.750 bits per heavy atom. The van der Waals surface area contributed by atoms with E-state index in [1.54, 1.807) is 0 Å². The van der Waals surface area contributed by atoms with Crippen LogP contribution in [0.25, 0.3) is 0 Å². The Labute approximate surface area is 370 Å². The standard InChI is InChI=1S/C55H90O5/c1-4-7-10-13-16-19-22-24-25-26-27-28-29-30-32-35-38-41-44-47-50-58-51-53(60-55(57)49-46-43-40-37-33-21-18-15-12-9-6-3)52-59-54(56)48-45-42-39-36-34-31-23-20-17-14-11-8-5-2/h7-8,10-11,15-20,24-25,27-28,30-32,34,53H,4-6,9,12-14,21-23,26,29,33,35-52H2,1-3H3/b10-7-,11-8-,18-15-,19-16-,20-17-,25-24-,28-27-,32-30-,34-31-. The molecule has 0 aliphatic heterocycles. The molecule has 0 radical (unpaired) electrons. The average Bonchev–Trinajstić information content (AvgIpc) is 3.25. The molecule has 5 nitrogen and oxygen atoms in total. The monoisotopic (exact) mass is 831 g/mol. The van der Waals surface area contributed by atoms with E-state index < -0.39 is 6.10 Å². The van der Waals surface area contributed by atoms with Crippen molar-refractivity contribution in [1.29, 1.82) is 0 Å². The summed E-state index contributed by atoms with van der Waals surface area (Å²) in [5, 5.41) is 0. The summed E-state index contributed by atoms with van der Waals surface area (Å²) in [5.74, 6) is -0.466. The van der Waals surface area contributed by atoms with Gasteiger partial charge in [-0.3, -0.25) is 9.59 Å². The molecule has 5 heteroatoms. The van der Waals surface area contributed by atoms with Crippen LogP contribution < -0.4 is 0 Å². The molecule has 0 aromatic heterocycles. The summed E-state index contributed by atoms with van der Waals surface area (Å²) in [6.45, 7) is 7.45. The lowest BCUT2D eigenvalue weighted by atomic mass is 10.1. The molecule has 0 aromatic rings. The topological polar surface area (TPSA) is 61.8 Å². The predicted molar refractivity (Wildman–Crippen MR) is 260 cm³/mol. The molecular formula is C55H90O5. The molecule has 0 fully saturated rings. The molecule has 0 aromatic carbocycles. The number of esters is 2. The summed E-state index contributed by atoms with van der Waals surface area (Å²) < 4.78 is 17.3. The van der Waals surface area contributed by atoms with E-state index in [1.807, 2.05) is 0 Å². The zero-order valence-electron chi connectivity index (χ0n) is 38.9. The Hall–Kier alpha value is -3.44. The molecule has 0 aliphatic rings. The molecule has 340 valence electrons. The summed E-state index contributed by atoms with van der Waals surface area (Å²) >= 11 is 0. The van der Waals surface area contributed by atoms with E-state index in [4.69, 9.17) is 14.2 Å². The summed E-state index contributed by atoms with van der Waals surface area (Å²) in [6.07, 6.45) is 68.1. The van der Waals surface area contributed by atoms with Gasteiger partial charge in [-0.1, -0.05) is 182 Å². The van der Waals surface area contributed by atoms with Crippen LogP contribution in [-0.2, 0) is 23.8 Å². The van der Waals surface area contributed by atoms with Crippen LogP contribution in [0.5, 0.6) is 0 Å². The Balaban J connectivity index is 4.35. The molecular weight excluding hydrogens is 741 g/mol. The van der Waals surface area contributed by atoms with Crippen LogP contribution in [0.2, 0.25) is 0 Å². The summed E-state index contributed by atoms with van der Waals surface area (Å²) in [6, 6.07) is 0. The van der Waals surface area contributed by atoms with Gasteiger partial charge in [-0.15, -0.1) is 0 Å². The van der Waals surface area contributed by atoms with Gasteiger partial charge in [0.2, 0.25) is 0 Å². The van der Waals surface area contributed by atoms with Gasteiger partial charge in [0.15, 0.2) is 6.10 Å². The molecule has 0 bridgehead atoms. The van der Waals surface area contributed by atoms with E-state index in [0.717, 1.165) is 128 Å². The first-order valence-corrected chi connectivity index (χ1v) is 24.4. The van der Waals surface area contributed by atoms with Gasteiger partial charge in [-0.05, 0) is 116 Å². The van der Waals surface area contributed by atoms with E-state index in [2.05, 4.69) is 130 Å². The highest BCUT2D eigenvalue weighted by molar-refractivity contribution is 5.70. The lowest BCUT2D eigenvalue weighted by Gasteiger charge is -2.18. The maximum absolute atomic E-state index is 12.7. The van der Waals surface area contributed by atoms with Crippen LogP contribution in [0.4, 0.5) is 0 Å². The molecule has 0 saturated carbocycles. The van der Waals surface area contributed by atoms with Crippen molar-refractivity contribution < 1.29 is 23.8 Å². The minimum Gasteiger partial charge on any atom is -0.462 e. The van der Waals surface area contributed by atoms with Gasteiger partial charge in [0.1, 0.15) is 6.61 Å². The quantitative estimate of drug-likeness (QED) is 0.0348. The third-order valence-corrected chi connectivity index (χ3v) is 9.77. The number of carbonyl (C=O) groups excluding carboxylic acids is 2. The van der Waals surface area contributed by atoms with Gasteiger partial charge in [0.25, 0.3) is 0 Å². The number of rotatable bonds is 43. The number of ether oxygens (including phenoxy) is 3. The molecule has 0 aliphatic carbocycles. The molecule has 0 amide bonds. The maximum atomic E-state index is 12.7. The highest BCUT2D eigenvalue weighted by Gasteiger charge is 2.17. The first kappa shape index (κ1) is 56.6. The fourth-order valence-corrected chi connectivity index (χ4v) is 6.18. The first-order valence-electron chi connectivity index (χ1n) is 24.4. The van der Waals surface area contributed by atoms with E-state index >= 15 is 0 Å². The SMILES string of the molecule is CC/C=C\C/C=C\C/C=C\C/C=C\C/C=C\CCCCCCOCC(COC(=O)CCCCC/C=C\C/C=C\C/C=C\CC)OC(=O)CCCCCCC/C=C\CCCC. The molecule has 0 rings (SSSR count). The normalized spacial score (nSPS) is 13.2. The predicted octanol–water partition coefficient (Wildman–Crippen LogP) is 16.4. The van der Waals surface area contributed by atoms with Gasteiger partial charge in [0.05, 0.1) is 6.61 Å². The molecule has 0 spiro atoms. The third kappa shape index (κ3) is 47.2. The largest absolute Gasteiger partial charge is 0.462 e. The zero-order valence-corrected chi connectivity index (χ0v) is 38.9. The van der Waals surface area contributed by atoms with Crippen LogP contribution in [0.1, 0.15) is 201 Å². The Morgan fingerprint density at radius 1 is 0.383 bits per heavy atom. The molecule has 60 heavy (non-hydrogen) atoms. The fourth-order valence-electron chi connectivity index (χ4n) is 6.18. The smallest absolute Gasteiger partial charge is 0.306 e. The highest BCUT2D eigenvalue weighted by Crippen LogP contribution is 2.12. The van der Waals surface area contributed by atoms with Gasteiger partial charge in [-0.25, -0.2) is 0 Å². The van der Waals surface area contributed by atoms with Gasteiger partial charge >= 0.3 is 11.9 Å². The minimum atomic E-state index is -0.571. The molecule has 0 saturated heterocycles. The van der Waals surface area contributed by atoms with Gasteiger partial charge in [0, 0.05) is 19.4 Å². The Bertz CT molecular complexity index is 1210. The maximum Gasteiger partial charge on any atom is 0.306 e. The van der Waals surface area contributed by atoms with E-state index in [0.29, 0.717) is 19.4 Å². The highest BCUT2D eigenvalue weighted by atomic mass is 16.6. The molecule has 0 N–H and O–H groups in total. The summed E-state index contributed by atoms with van der Waals surface area (Å²) in [4.78, 5) is 25.3. The van der Waals surface area contributed by atoms with Crippen LogP contribution in [0, 0.1) is 0 Å². The lowest BCUT2D eigenvalue weighted by Crippen LogP contribution is -2.30. The van der Waals surface area contributed by atoms with E-state index in [1.165, 1.54) is 38.5 Å². The number of allylic oxidation sites excluding steroid dienone is 18. The number of hydrogen-bond acceptors (Lipinski definition) is 5. The average molecular weight is 831 g/mol. The second kappa shape index (κ2) is 49.9. The second-order valence-electron chi connectivity index (χ2n) is 15.6. The van der Waals surface area contributed by atoms with Crippen molar-refractivity contribution in [1.82, 2.24) is 0 Å². The van der Waals surface area contributed by atoms with Crippen LogP contribution in [0.15, 0.2) is 109 Å². The van der Waals surface area contributed by atoms with Gasteiger partial charge < -0.3 is 14.2 Å². The van der Waals surface area contributed by atoms with E-state index in [9.17, 15) is 9.59 Å². The van der Waals surface area contributed by atoms with Crippen LogP contribution in [0.3, 0.4) is 0 Å². The van der Waals surface area contributed by atoms with Crippen molar-refractivity contribution in [2.75, 3.05) is 19.8 Å². The molecule has 1 atom stereocenters. The third-order valence-electron chi connectivity index (χ3n) is 9.77. The van der Waals surface area contributed by atoms with Crippen LogP contribution >= 0.6 is 0 Å². The van der Waals surface area contributed by atoms with Gasteiger partial charge in [-0.2, -0.15) is 0 Å². The number of carbonyl (C=O) groups is 2. The van der Waals surface area contributed by atoms with Crippen LogP contribution in [-0.4, -0.2) is 37.9 Å². The fraction of sp³-hybridized carbons (Fsp3) is 0.636. The number of hydrogen-bond donors (Lipinski definition) is 0. The Morgan fingerprint density at radius 3 is 1.23 bits per heavy atom.